The van der Waals surface area contributed by atoms with Crippen LogP contribution in [0.2, 0.25) is 0 Å². The summed E-state index contributed by atoms with van der Waals surface area (Å²) >= 11 is 0. The number of carbonyl (C=O) groups excluding carboxylic acids is 1. The first kappa shape index (κ1) is 11.7. The molecule has 0 fully saturated rings. The highest BCUT2D eigenvalue weighted by Gasteiger charge is 2.18. The van der Waals surface area contributed by atoms with Crippen molar-refractivity contribution in [3.8, 4) is 0 Å². The van der Waals surface area contributed by atoms with Gasteiger partial charge in [0, 0.05) is 7.11 Å². The van der Waals surface area contributed by atoms with Crippen LogP contribution in [0.5, 0.6) is 0 Å². The molecule has 0 saturated carbocycles. The number of methoxy groups -OCH3 is 1. The molecule has 2 aromatic rings. The van der Waals surface area contributed by atoms with E-state index in [1.165, 1.54) is 0 Å². The Morgan fingerprint density at radius 1 is 1.29 bits per heavy atom. The second kappa shape index (κ2) is 4.59. The van der Waals surface area contributed by atoms with Crippen molar-refractivity contribution in [2.45, 2.75) is 20.5 Å². The van der Waals surface area contributed by atoms with E-state index in [-0.39, 0.29) is 5.78 Å². The third kappa shape index (κ3) is 2.31. The fraction of sp³-hybridized carbons (Fsp3) is 0.308. The summed E-state index contributed by atoms with van der Waals surface area (Å²) in [5, 5.41) is 0. The highest BCUT2D eigenvalue weighted by Crippen LogP contribution is 2.19. The van der Waals surface area contributed by atoms with E-state index in [1.54, 1.807) is 32.2 Å². The van der Waals surface area contributed by atoms with Crippen molar-refractivity contribution in [1.29, 1.82) is 0 Å². The Morgan fingerprint density at radius 2 is 2.06 bits per heavy atom. The summed E-state index contributed by atoms with van der Waals surface area (Å²) in [4.78, 5) is 12.1. The van der Waals surface area contributed by atoms with Crippen LogP contribution in [0.25, 0.3) is 0 Å². The lowest BCUT2D eigenvalue weighted by Crippen LogP contribution is -1.99. The summed E-state index contributed by atoms with van der Waals surface area (Å²) in [6.07, 6.45) is 0. The first-order valence-corrected chi connectivity index (χ1v) is 5.31. The summed E-state index contributed by atoms with van der Waals surface area (Å²) in [6, 6.07) is 5.10. The molecule has 0 atom stereocenters. The molecule has 0 saturated heterocycles. The normalized spacial score (nSPS) is 10.8. The van der Waals surface area contributed by atoms with E-state index in [1.807, 2.05) is 6.92 Å². The molecule has 0 bridgehead atoms. The van der Waals surface area contributed by atoms with Crippen LogP contribution < -0.4 is 0 Å². The van der Waals surface area contributed by atoms with E-state index < -0.39 is 0 Å². The Hall–Kier alpha value is -1.81. The summed E-state index contributed by atoms with van der Waals surface area (Å²) in [5.41, 5.74) is 0.542. The van der Waals surface area contributed by atoms with Gasteiger partial charge < -0.3 is 13.6 Å². The Bertz CT molecular complexity index is 533. The van der Waals surface area contributed by atoms with Crippen molar-refractivity contribution >= 4 is 5.78 Å². The van der Waals surface area contributed by atoms with Gasteiger partial charge in [-0.25, -0.2) is 0 Å². The lowest BCUT2D eigenvalue weighted by atomic mass is 10.1. The molecule has 2 heterocycles. The van der Waals surface area contributed by atoms with Crippen LogP contribution in [0.15, 0.2) is 27.0 Å². The first-order chi connectivity index (χ1) is 8.11. The van der Waals surface area contributed by atoms with Crippen LogP contribution in [0.4, 0.5) is 0 Å². The van der Waals surface area contributed by atoms with Crippen LogP contribution in [0.1, 0.15) is 33.4 Å². The van der Waals surface area contributed by atoms with Crippen molar-refractivity contribution in [2.75, 3.05) is 7.11 Å². The van der Waals surface area contributed by atoms with Gasteiger partial charge >= 0.3 is 0 Å². The molecule has 2 rings (SSSR count). The van der Waals surface area contributed by atoms with Crippen molar-refractivity contribution < 1.29 is 18.4 Å². The summed E-state index contributed by atoms with van der Waals surface area (Å²) in [6.45, 7) is 3.93. The second-order valence-corrected chi connectivity index (χ2v) is 3.86. The van der Waals surface area contributed by atoms with Gasteiger partial charge in [0.15, 0.2) is 5.76 Å². The molecule has 0 N–H and O–H groups in total. The largest absolute Gasteiger partial charge is 0.466 e. The van der Waals surface area contributed by atoms with Gasteiger partial charge in [0.1, 0.15) is 23.9 Å². The minimum atomic E-state index is -0.165. The van der Waals surface area contributed by atoms with Crippen LogP contribution in [-0.4, -0.2) is 12.9 Å². The zero-order valence-electron chi connectivity index (χ0n) is 10.1. The molecular formula is C13H14O4. The average molecular weight is 234 g/mol. The van der Waals surface area contributed by atoms with Gasteiger partial charge in [0.2, 0.25) is 5.78 Å². The Kier molecular flexibility index (Phi) is 3.15. The number of rotatable bonds is 4. The summed E-state index contributed by atoms with van der Waals surface area (Å²) < 4.78 is 15.6. The lowest BCUT2D eigenvalue weighted by Gasteiger charge is -1.95. The highest BCUT2D eigenvalue weighted by molar-refractivity contribution is 6.07. The molecule has 0 amide bonds. The summed E-state index contributed by atoms with van der Waals surface area (Å²) in [7, 11) is 1.58. The third-order valence-electron chi connectivity index (χ3n) is 2.46. The summed E-state index contributed by atoms with van der Waals surface area (Å²) in [5.74, 6) is 2.10. The highest BCUT2D eigenvalue weighted by atomic mass is 16.5. The van der Waals surface area contributed by atoms with Gasteiger partial charge in [-0.05, 0) is 32.0 Å². The van der Waals surface area contributed by atoms with Crippen molar-refractivity contribution in [3.63, 3.8) is 0 Å². The molecule has 0 aliphatic carbocycles. The van der Waals surface area contributed by atoms with E-state index in [0.717, 1.165) is 5.76 Å². The maximum atomic E-state index is 12.1. The molecule has 0 aliphatic rings. The van der Waals surface area contributed by atoms with Crippen LogP contribution in [-0.2, 0) is 11.3 Å². The predicted octanol–water partition coefficient (Wildman–Crippen LogP) is 2.87. The lowest BCUT2D eigenvalue weighted by molar-refractivity contribution is 0.0998. The Morgan fingerprint density at radius 3 is 2.65 bits per heavy atom. The van der Waals surface area contributed by atoms with Gasteiger partial charge in [-0.3, -0.25) is 4.79 Å². The second-order valence-electron chi connectivity index (χ2n) is 3.86. The predicted molar refractivity (Wildman–Crippen MR) is 61.0 cm³/mol. The monoisotopic (exact) mass is 234 g/mol. The number of hydrogen-bond acceptors (Lipinski definition) is 4. The van der Waals surface area contributed by atoms with E-state index >= 15 is 0 Å². The van der Waals surface area contributed by atoms with Crippen molar-refractivity contribution in [2.24, 2.45) is 0 Å². The fourth-order valence-electron chi connectivity index (χ4n) is 1.71. The number of furan rings is 2. The molecule has 4 nitrogen and oxygen atoms in total. The molecule has 0 radical (unpaired) electrons. The molecule has 2 aromatic heterocycles. The molecule has 0 unspecified atom stereocenters. The quantitative estimate of drug-likeness (QED) is 0.763. The van der Waals surface area contributed by atoms with Gasteiger partial charge in [0.05, 0.1) is 5.56 Å². The molecule has 4 heteroatoms. The molecule has 0 spiro atoms. The Labute approximate surface area is 99.2 Å². The number of carbonyl (C=O) groups is 1. The first-order valence-electron chi connectivity index (χ1n) is 5.31. The van der Waals surface area contributed by atoms with E-state index in [0.29, 0.717) is 29.5 Å². The maximum Gasteiger partial charge on any atom is 0.231 e. The minimum Gasteiger partial charge on any atom is -0.466 e. The van der Waals surface area contributed by atoms with Gasteiger partial charge in [-0.1, -0.05) is 0 Å². The average Bonchev–Trinajstić information content (AvgIpc) is 2.85. The van der Waals surface area contributed by atoms with E-state index in [4.69, 9.17) is 13.6 Å². The number of hydrogen-bond donors (Lipinski definition) is 0. The van der Waals surface area contributed by atoms with Crippen molar-refractivity contribution in [3.05, 3.63) is 46.8 Å². The van der Waals surface area contributed by atoms with Gasteiger partial charge in [-0.2, -0.15) is 0 Å². The van der Waals surface area contributed by atoms with Crippen LogP contribution in [0.3, 0.4) is 0 Å². The number of aryl methyl sites for hydroxylation is 2. The number of ether oxygens (including phenoxy) is 1. The molecule has 90 valence electrons. The fourth-order valence-corrected chi connectivity index (χ4v) is 1.71. The van der Waals surface area contributed by atoms with E-state index in [2.05, 4.69) is 0 Å². The zero-order valence-corrected chi connectivity index (χ0v) is 10.1. The smallest absolute Gasteiger partial charge is 0.231 e. The van der Waals surface area contributed by atoms with Crippen LogP contribution in [0, 0.1) is 13.8 Å². The Balaban J connectivity index is 2.27. The molecule has 17 heavy (non-hydrogen) atoms. The minimum absolute atomic E-state index is 0.165. The molecular weight excluding hydrogens is 220 g/mol. The zero-order chi connectivity index (χ0) is 12.4. The van der Waals surface area contributed by atoms with Crippen LogP contribution >= 0.6 is 0 Å². The maximum absolute atomic E-state index is 12.1. The van der Waals surface area contributed by atoms with Gasteiger partial charge in [0.25, 0.3) is 0 Å². The standard InChI is InChI=1S/C13H14O4/c1-8-6-11(9(2)16-8)13(14)12-5-4-10(17-12)7-15-3/h4-6H,7H2,1-3H3. The molecule has 0 aromatic carbocycles. The third-order valence-corrected chi connectivity index (χ3v) is 2.46. The number of ketones is 1. The topological polar surface area (TPSA) is 52.6 Å². The SMILES string of the molecule is COCc1ccc(C(=O)c2cc(C)oc2C)o1. The molecule has 0 aliphatic heterocycles. The van der Waals surface area contributed by atoms with E-state index in [9.17, 15) is 4.79 Å². The van der Waals surface area contributed by atoms with Gasteiger partial charge in [-0.15, -0.1) is 0 Å². The van der Waals surface area contributed by atoms with Crippen molar-refractivity contribution in [1.82, 2.24) is 0 Å².